The van der Waals surface area contributed by atoms with E-state index in [2.05, 4.69) is 110 Å². The van der Waals surface area contributed by atoms with E-state index in [1.54, 1.807) is 18.9 Å². The van der Waals surface area contributed by atoms with Gasteiger partial charge in [-0.15, -0.1) is 5.10 Å². The number of rotatable bonds is 6. The normalized spacial score (nSPS) is 14.1. The molecule has 0 N–H and O–H groups in total. The van der Waals surface area contributed by atoms with E-state index in [1.807, 2.05) is 6.07 Å². The lowest BCUT2D eigenvalue weighted by atomic mass is 10.2. The molecule has 3 aromatic carbocycles. The number of allylic oxidation sites excluding steroid dienone is 2. The summed E-state index contributed by atoms with van der Waals surface area (Å²) >= 11 is 3.25. The molecule has 37 heavy (non-hydrogen) atoms. The summed E-state index contributed by atoms with van der Waals surface area (Å²) in [7, 11) is 1.71. The van der Waals surface area contributed by atoms with E-state index in [-0.39, 0.29) is 24.0 Å². The number of aromatic nitrogens is 4. The maximum atomic E-state index is 5.46. The van der Waals surface area contributed by atoms with E-state index >= 15 is 0 Å². The number of hydrogen-bond acceptors (Lipinski definition) is 6. The molecule has 0 unspecified atom stereocenters. The molecule has 0 fully saturated rings. The number of thioether (sulfide) groups is 1. The van der Waals surface area contributed by atoms with Crippen LogP contribution in [-0.4, -0.2) is 27.8 Å². The molecule has 0 saturated heterocycles. The third-order valence-electron chi connectivity index (χ3n) is 6.45. The molecule has 6 nitrogen and oxygen atoms in total. The lowest BCUT2D eigenvalue weighted by Gasteiger charge is -2.18. The van der Waals surface area contributed by atoms with Gasteiger partial charge in [-0.2, -0.15) is 4.57 Å². The molecule has 0 spiro atoms. The van der Waals surface area contributed by atoms with Crippen LogP contribution in [-0.2, 0) is 6.54 Å². The number of halogens is 1. The maximum Gasteiger partial charge on any atom is 0.287 e. The van der Waals surface area contributed by atoms with Crippen molar-refractivity contribution in [1.29, 1.82) is 0 Å². The molecule has 0 amide bonds. The van der Waals surface area contributed by atoms with E-state index in [0.717, 1.165) is 46.1 Å². The highest BCUT2D eigenvalue weighted by molar-refractivity contribution is 8.03. The summed E-state index contributed by atoms with van der Waals surface area (Å²) in [6, 6.07) is 21.0. The second kappa shape index (κ2) is 10.8. The summed E-state index contributed by atoms with van der Waals surface area (Å²) in [5, 5.41) is 5.53. The molecule has 1 aliphatic rings. The highest BCUT2D eigenvalue weighted by Crippen LogP contribution is 2.47. The standard InChI is InChI=1S/C28H26N5OS2.HI/c1-4-31-23-18-20(34-3)14-17-24(23)35-26(31)13-9-12-25-32(5-2)27-22(16-15-21-28(27)36-30-29-21)33(25)19-10-7-6-8-11-19;/h6-18H,4-5H2,1-3H3;1H/q+1;/p-1. The number of anilines is 1. The maximum absolute atomic E-state index is 5.46. The summed E-state index contributed by atoms with van der Waals surface area (Å²) in [5.74, 6) is 1.99. The number of ether oxygens (including phenoxy) is 1. The molecule has 0 bridgehead atoms. The minimum absolute atomic E-state index is 0. The number of methoxy groups -OCH3 is 1. The molecule has 188 valence electrons. The molecule has 0 aliphatic carbocycles. The largest absolute Gasteiger partial charge is 1.00 e. The molecular weight excluding hydrogens is 613 g/mol. The molecule has 3 heterocycles. The van der Waals surface area contributed by atoms with Crippen LogP contribution >= 0.6 is 23.3 Å². The monoisotopic (exact) mass is 639 g/mol. The van der Waals surface area contributed by atoms with Crippen LogP contribution in [0.4, 0.5) is 5.69 Å². The predicted molar refractivity (Wildman–Crippen MR) is 149 cm³/mol. The highest BCUT2D eigenvalue weighted by atomic mass is 127. The van der Waals surface area contributed by atoms with E-state index in [1.165, 1.54) is 32.7 Å². The van der Waals surface area contributed by atoms with Crippen LogP contribution in [0.3, 0.4) is 0 Å². The van der Waals surface area contributed by atoms with Crippen molar-refractivity contribution >= 4 is 56.3 Å². The zero-order valence-corrected chi connectivity index (χ0v) is 24.5. The minimum atomic E-state index is 0. The van der Waals surface area contributed by atoms with Gasteiger partial charge in [-0.25, -0.2) is 4.57 Å². The zero-order chi connectivity index (χ0) is 24.6. The summed E-state index contributed by atoms with van der Waals surface area (Å²) < 4.78 is 15.5. The van der Waals surface area contributed by atoms with Crippen molar-refractivity contribution in [1.82, 2.24) is 14.2 Å². The van der Waals surface area contributed by atoms with Crippen molar-refractivity contribution in [2.75, 3.05) is 18.6 Å². The molecule has 0 atom stereocenters. The molecule has 1 aliphatic heterocycles. The zero-order valence-electron chi connectivity index (χ0n) is 20.8. The molecule has 2 aromatic heterocycles. The Hall–Kier alpha value is -2.89. The van der Waals surface area contributed by atoms with Crippen LogP contribution in [0.1, 0.15) is 19.7 Å². The Balaban J connectivity index is 0.00000280. The molecule has 5 aromatic rings. The van der Waals surface area contributed by atoms with Gasteiger partial charge < -0.3 is 33.6 Å². The van der Waals surface area contributed by atoms with Gasteiger partial charge in [-0.3, -0.25) is 0 Å². The van der Waals surface area contributed by atoms with Crippen molar-refractivity contribution in [3.63, 3.8) is 0 Å². The van der Waals surface area contributed by atoms with Gasteiger partial charge in [0.1, 0.15) is 21.7 Å². The number of nitrogens with zero attached hydrogens (tertiary/aromatic N) is 5. The summed E-state index contributed by atoms with van der Waals surface area (Å²) in [4.78, 5) is 3.58. The Labute approximate surface area is 241 Å². The minimum Gasteiger partial charge on any atom is -1.00 e. The van der Waals surface area contributed by atoms with Gasteiger partial charge >= 0.3 is 0 Å². The number of aryl methyl sites for hydroxylation is 1. The summed E-state index contributed by atoms with van der Waals surface area (Å²) in [6.07, 6.45) is 6.58. The Kier molecular flexibility index (Phi) is 7.55. The van der Waals surface area contributed by atoms with E-state index in [4.69, 9.17) is 4.74 Å². The quantitative estimate of drug-likeness (QED) is 0.211. The first-order chi connectivity index (χ1) is 17.7. The number of fused-ring (bicyclic) bond motifs is 4. The van der Waals surface area contributed by atoms with Gasteiger partial charge in [0, 0.05) is 23.6 Å². The van der Waals surface area contributed by atoms with Gasteiger partial charge in [-0.05, 0) is 67.9 Å². The first-order valence-electron chi connectivity index (χ1n) is 12.0. The van der Waals surface area contributed by atoms with E-state index in [9.17, 15) is 0 Å². The van der Waals surface area contributed by atoms with Gasteiger partial charge in [0.25, 0.3) is 5.82 Å². The lowest BCUT2D eigenvalue weighted by molar-refractivity contribution is -0.669. The third-order valence-corrected chi connectivity index (χ3v) is 8.33. The van der Waals surface area contributed by atoms with Crippen molar-refractivity contribution < 1.29 is 33.3 Å². The fourth-order valence-corrected chi connectivity index (χ4v) is 6.67. The van der Waals surface area contributed by atoms with Crippen LogP contribution in [0.25, 0.3) is 33.0 Å². The van der Waals surface area contributed by atoms with Crippen LogP contribution < -0.4 is 38.2 Å². The highest BCUT2D eigenvalue weighted by Gasteiger charge is 2.27. The summed E-state index contributed by atoms with van der Waals surface area (Å²) in [6.45, 7) is 6.10. The fraction of sp³-hybridized carbons (Fsp3) is 0.179. The average molecular weight is 640 g/mol. The second-order valence-electron chi connectivity index (χ2n) is 8.37. The van der Waals surface area contributed by atoms with Crippen LogP contribution in [0, 0.1) is 0 Å². The van der Waals surface area contributed by atoms with Crippen molar-refractivity contribution in [3.05, 3.63) is 83.7 Å². The molecule has 0 radical (unpaired) electrons. The van der Waals surface area contributed by atoms with Gasteiger partial charge in [0.2, 0.25) is 0 Å². The second-order valence-corrected chi connectivity index (χ2v) is 10.2. The molecule has 9 heteroatoms. The van der Waals surface area contributed by atoms with Crippen LogP contribution in [0.5, 0.6) is 5.75 Å². The van der Waals surface area contributed by atoms with Gasteiger partial charge in [0.15, 0.2) is 11.0 Å². The number of imidazole rings is 1. The van der Waals surface area contributed by atoms with Crippen molar-refractivity contribution in [2.24, 2.45) is 0 Å². The first kappa shape index (κ1) is 25.7. The van der Waals surface area contributed by atoms with Crippen LogP contribution in [0.2, 0.25) is 0 Å². The smallest absolute Gasteiger partial charge is 0.287 e. The molecule has 6 rings (SSSR count). The van der Waals surface area contributed by atoms with Crippen LogP contribution in [0.15, 0.2) is 82.7 Å². The lowest BCUT2D eigenvalue weighted by Crippen LogP contribution is -3.00. The number of hydrogen-bond donors (Lipinski definition) is 0. The topological polar surface area (TPSA) is 47.1 Å². The Bertz CT molecular complexity index is 1640. The van der Waals surface area contributed by atoms with E-state index in [0.29, 0.717) is 0 Å². The first-order valence-corrected chi connectivity index (χ1v) is 13.6. The molecule has 0 saturated carbocycles. The number of benzene rings is 3. The average Bonchev–Trinajstić information content (AvgIpc) is 3.61. The number of para-hydroxylation sites is 1. The SMILES string of the molecule is CCN1/C(=C/C=C\c2n(-c3ccccc3)c3ccc4nnsc4c3[n+]2CC)Sc2ccc(OC)cc21.[I-]. The molecular formula is C28H26IN5OS2. The predicted octanol–water partition coefficient (Wildman–Crippen LogP) is 3.44. The Morgan fingerprint density at radius 2 is 1.89 bits per heavy atom. The Morgan fingerprint density at radius 1 is 1.05 bits per heavy atom. The van der Waals surface area contributed by atoms with Gasteiger partial charge in [0.05, 0.1) is 24.4 Å². The van der Waals surface area contributed by atoms with Crippen molar-refractivity contribution in [3.8, 4) is 11.4 Å². The van der Waals surface area contributed by atoms with E-state index < -0.39 is 0 Å². The Morgan fingerprint density at radius 3 is 2.65 bits per heavy atom. The third kappa shape index (κ3) is 4.42. The van der Waals surface area contributed by atoms with Crippen molar-refractivity contribution in [2.45, 2.75) is 25.3 Å². The summed E-state index contributed by atoms with van der Waals surface area (Å²) in [5.41, 5.74) is 5.59. The van der Waals surface area contributed by atoms with Gasteiger partial charge in [-0.1, -0.05) is 40.5 Å². The fourth-order valence-electron chi connectivity index (χ4n) is 4.83.